The molecule has 0 aliphatic heterocycles. The Bertz CT molecular complexity index is 1270. The Balaban J connectivity index is 1.71. The molecule has 0 spiro atoms. The summed E-state index contributed by atoms with van der Waals surface area (Å²) < 4.78 is 13.3. The molecule has 5 nitrogen and oxygen atoms in total. The number of nitrogens with one attached hydrogen (secondary N) is 1. The quantitative estimate of drug-likeness (QED) is 0.513. The Kier molecular flexibility index (Phi) is 5.59. The number of hydrogen-bond acceptors (Lipinski definition) is 3. The summed E-state index contributed by atoms with van der Waals surface area (Å²) in [6.07, 6.45) is 0. The Hall–Kier alpha value is -3.51. The smallest absolute Gasteiger partial charge is 0.258 e. The van der Waals surface area contributed by atoms with Crippen molar-refractivity contribution in [2.45, 2.75) is 13.1 Å². The second-order valence-electron chi connectivity index (χ2n) is 6.80. The molecule has 0 fully saturated rings. The van der Waals surface area contributed by atoms with Gasteiger partial charge < -0.3 is 9.88 Å². The highest BCUT2D eigenvalue weighted by molar-refractivity contribution is 6.33. The van der Waals surface area contributed by atoms with E-state index in [0.717, 1.165) is 5.56 Å². The van der Waals surface area contributed by atoms with Crippen molar-refractivity contribution in [1.82, 2.24) is 14.9 Å². The van der Waals surface area contributed by atoms with Gasteiger partial charge in [0, 0.05) is 6.54 Å². The number of H-pyrrole nitrogens is 1. The van der Waals surface area contributed by atoms with E-state index in [1.54, 1.807) is 60.7 Å². The predicted molar refractivity (Wildman–Crippen MR) is 114 cm³/mol. The SMILES string of the molecule is O=C(c1ccccc1Cl)N(Cc1ccc(F)cc1)Cc1nc2ccccc2c(=O)[nH]1. The molecule has 0 aliphatic rings. The van der Waals surface area contributed by atoms with Crippen molar-refractivity contribution in [3.05, 3.63) is 111 Å². The minimum Gasteiger partial charge on any atom is -0.327 e. The maximum absolute atomic E-state index is 13.3. The number of aromatic amines is 1. The first-order valence-electron chi connectivity index (χ1n) is 9.27. The maximum atomic E-state index is 13.3. The summed E-state index contributed by atoms with van der Waals surface area (Å²) in [7, 11) is 0. The monoisotopic (exact) mass is 421 g/mol. The van der Waals surface area contributed by atoms with E-state index in [-0.39, 0.29) is 30.4 Å². The van der Waals surface area contributed by atoms with Gasteiger partial charge in [-0.1, -0.05) is 48.0 Å². The molecule has 0 unspecified atom stereocenters. The standard InChI is InChI=1S/C23H17ClFN3O2/c24-19-7-3-1-5-17(19)23(30)28(13-15-9-11-16(25)12-10-15)14-21-26-20-8-4-2-6-18(20)22(29)27-21/h1-12H,13-14H2,(H,26,27,29). The third-order valence-electron chi connectivity index (χ3n) is 4.68. The first kappa shape index (κ1) is 19.8. The van der Waals surface area contributed by atoms with Gasteiger partial charge in [-0.3, -0.25) is 9.59 Å². The van der Waals surface area contributed by atoms with Crippen LogP contribution in [0.5, 0.6) is 0 Å². The molecule has 4 aromatic rings. The van der Waals surface area contributed by atoms with Crippen LogP contribution in [0.3, 0.4) is 0 Å². The van der Waals surface area contributed by atoms with Crippen LogP contribution < -0.4 is 5.56 Å². The topological polar surface area (TPSA) is 66.1 Å². The molecule has 150 valence electrons. The fourth-order valence-electron chi connectivity index (χ4n) is 3.21. The number of carbonyl (C=O) groups is 1. The molecule has 0 aliphatic carbocycles. The van der Waals surface area contributed by atoms with Gasteiger partial charge in [0.05, 0.1) is 28.0 Å². The number of carbonyl (C=O) groups excluding carboxylic acids is 1. The fourth-order valence-corrected chi connectivity index (χ4v) is 3.42. The van der Waals surface area contributed by atoms with Crippen LogP contribution in [0.2, 0.25) is 5.02 Å². The minimum absolute atomic E-state index is 0.0571. The number of para-hydroxylation sites is 1. The van der Waals surface area contributed by atoms with Crippen LogP contribution in [0.25, 0.3) is 10.9 Å². The normalized spacial score (nSPS) is 10.9. The third-order valence-corrected chi connectivity index (χ3v) is 5.01. The van der Waals surface area contributed by atoms with Crippen molar-refractivity contribution < 1.29 is 9.18 Å². The van der Waals surface area contributed by atoms with Crippen LogP contribution >= 0.6 is 11.6 Å². The van der Waals surface area contributed by atoms with Crippen molar-refractivity contribution in [2.24, 2.45) is 0 Å². The van der Waals surface area contributed by atoms with Crippen LogP contribution in [0, 0.1) is 5.82 Å². The van der Waals surface area contributed by atoms with E-state index in [9.17, 15) is 14.0 Å². The first-order chi connectivity index (χ1) is 14.5. The number of hydrogen-bond donors (Lipinski definition) is 1. The van der Waals surface area contributed by atoms with Gasteiger partial charge in [0.1, 0.15) is 11.6 Å². The van der Waals surface area contributed by atoms with Crippen LogP contribution in [0.4, 0.5) is 4.39 Å². The molecule has 7 heteroatoms. The van der Waals surface area contributed by atoms with E-state index < -0.39 is 0 Å². The molecule has 0 saturated heterocycles. The molecule has 4 rings (SSSR count). The maximum Gasteiger partial charge on any atom is 0.258 e. The molecule has 1 heterocycles. The summed E-state index contributed by atoms with van der Waals surface area (Å²) in [4.78, 5) is 34.4. The number of fused-ring (bicyclic) bond motifs is 1. The summed E-state index contributed by atoms with van der Waals surface area (Å²) >= 11 is 6.22. The first-order valence-corrected chi connectivity index (χ1v) is 9.65. The number of halogens is 2. The molecular formula is C23H17ClFN3O2. The van der Waals surface area contributed by atoms with Gasteiger partial charge in [0.2, 0.25) is 0 Å². The van der Waals surface area contributed by atoms with Gasteiger partial charge in [0.15, 0.2) is 0 Å². The molecule has 30 heavy (non-hydrogen) atoms. The second kappa shape index (κ2) is 8.47. The van der Waals surface area contributed by atoms with Crippen molar-refractivity contribution in [3.8, 4) is 0 Å². The van der Waals surface area contributed by atoms with Crippen LogP contribution in [-0.4, -0.2) is 20.8 Å². The van der Waals surface area contributed by atoms with E-state index >= 15 is 0 Å². The summed E-state index contributed by atoms with van der Waals surface area (Å²) in [6, 6.07) is 19.6. The summed E-state index contributed by atoms with van der Waals surface area (Å²) in [5.74, 6) is -0.329. The molecule has 0 radical (unpaired) electrons. The molecule has 0 saturated carbocycles. The van der Waals surface area contributed by atoms with E-state index in [0.29, 0.717) is 27.3 Å². The Morgan fingerprint density at radius 3 is 2.43 bits per heavy atom. The molecule has 1 amide bonds. The minimum atomic E-state index is -0.358. The van der Waals surface area contributed by atoms with Crippen LogP contribution in [0.1, 0.15) is 21.7 Å². The van der Waals surface area contributed by atoms with Gasteiger partial charge in [0.25, 0.3) is 11.5 Å². The summed E-state index contributed by atoms with van der Waals surface area (Å²) in [5, 5.41) is 0.801. The summed E-state index contributed by atoms with van der Waals surface area (Å²) in [6.45, 7) is 0.252. The second-order valence-corrected chi connectivity index (χ2v) is 7.20. The van der Waals surface area contributed by atoms with E-state index in [4.69, 9.17) is 11.6 Å². The lowest BCUT2D eigenvalue weighted by molar-refractivity contribution is 0.0725. The van der Waals surface area contributed by atoms with Gasteiger partial charge >= 0.3 is 0 Å². The van der Waals surface area contributed by atoms with E-state index in [1.807, 2.05) is 0 Å². The molecule has 0 bridgehead atoms. The van der Waals surface area contributed by atoms with E-state index in [1.165, 1.54) is 17.0 Å². The van der Waals surface area contributed by atoms with Gasteiger partial charge in [-0.05, 0) is 42.0 Å². The number of benzene rings is 3. The zero-order valence-corrected chi connectivity index (χ0v) is 16.6. The van der Waals surface area contributed by atoms with Crippen LogP contribution in [-0.2, 0) is 13.1 Å². The zero-order valence-electron chi connectivity index (χ0n) is 15.8. The third kappa shape index (κ3) is 4.23. The lowest BCUT2D eigenvalue weighted by atomic mass is 10.1. The molecular weight excluding hydrogens is 405 g/mol. The fraction of sp³-hybridized carbons (Fsp3) is 0.0870. The van der Waals surface area contributed by atoms with Crippen molar-refractivity contribution in [2.75, 3.05) is 0 Å². The predicted octanol–water partition coefficient (Wildman–Crippen LogP) is 4.56. The molecule has 1 aromatic heterocycles. The number of rotatable bonds is 5. The average molecular weight is 422 g/mol. The van der Waals surface area contributed by atoms with Crippen molar-refractivity contribution >= 4 is 28.4 Å². The number of aromatic nitrogens is 2. The average Bonchev–Trinajstić information content (AvgIpc) is 2.75. The van der Waals surface area contributed by atoms with Crippen molar-refractivity contribution in [1.29, 1.82) is 0 Å². The van der Waals surface area contributed by atoms with Crippen molar-refractivity contribution in [3.63, 3.8) is 0 Å². The molecule has 0 atom stereocenters. The number of amides is 1. The Morgan fingerprint density at radius 1 is 0.967 bits per heavy atom. The van der Waals surface area contributed by atoms with Gasteiger partial charge in [-0.15, -0.1) is 0 Å². The summed E-state index contributed by atoms with van der Waals surface area (Å²) in [5.41, 5.74) is 1.34. The highest BCUT2D eigenvalue weighted by Gasteiger charge is 2.20. The molecule has 3 aromatic carbocycles. The Morgan fingerprint density at radius 2 is 1.67 bits per heavy atom. The zero-order chi connectivity index (χ0) is 21.1. The number of nitrogens with zero attached hydrogens (tertiary/aromatic N) is 2. The lowest BCUT2D eigenvalue weighted by Crippen LogP contribution is -2.32. The van der Waals surface area contributed by atoms with Gasteiger partial charge in [-0.25, -0.2) is 9.37 Å². The van der Waals surface area contributed by atoms with E-state index in [2.05, 4.69) is 9.97 Å². The highest BCUT2D eigenvalue weighted by atomic mass is 35.5. The van der Waals surface area contributed by atoms with Crippen LogP contribution in [0.15, 0.2) is 77.6 Å². The van der Waals surface area contributed by atoms with Gasteiger partial charge in [-0.2, -0.15) is 0 Å². The largest absolute Gasteiger partial charge is 0.327 e. The lowest BCUT2D eigenvalue weighted by Gasteiger charge is -2.23. The molecule has 1 N–H and O–H groups in total. The Labute approximate surface area is 176 Å². The highest BCUT2D eigenvalue weighted by Crippen LogP contribution is 2.20.